The molecule has 0 unspecified atom stereocenters. The highest BCUT2D eigenvalue weighted by atomic mass is 35.5. The Labute approximate surface area is 103 Å². The average Bonchev–Trinajstić information content (AvgIpc) is 2.32. The topological polar surface area (TPSA) is 33.1 Å². The predicted molar refractivity (Wildman–Crippen MR) is 68.1 cm³/mol. The third-order valence-electron chi connectivity index (χ3n) is 2.23. The van der Waals surface area contributed by atoms with Gasteiger partial charge in [-0.25, -0.2) is 4.98 Å². The van der Waals surface area contributed by atoms with Gasteiger partial charge in [-0.1, -0.05) is 23.7 Å². The Balaban J connectivity index is 2.45. The van der Waals surface area contributed by atoms with E-state index in [2.05, 4.69) is 4.98 Å². The van der Waals surface area contributed by atoms with E-state index in [9.17, 15) is 5.11 Å². The van der Waals surface area contributed by atoms with Crippen molar-refractivity contribution in [1.29, 1.82) is 0 Å². The van der Waals surface area contributed by atoms with Crippen LogP contribution in [-0.4, -0.2) is 16.3 Å². The number of nitrogens with zero attached hydrogens (tertiary/aromatic N) is 1. The summed E-state index contributed by atoms with van der Waals surface area (Å²) in [5, 5.41) is 10.2. The van der Waals surface area contributed by atoms with Gasteiger partial charge in [-0.3, -0.25) is 0 Å². The van der Waals surface area contributed by atoms with Crippen molar-refractivity contribution in [2.45, 2.75) is 4.90 Å². The van der Waals surface area contributed by atoms with E-state index in [-0.39, 0.29) is 5.88 Å². The minimum Gasteiger partial charge on any atom is -0.493 e. The fourth-order valence-corrected chi connectivity index (χ4v) is 1.98. The summed E-state index contributed by atoms with van der Waals surface area (Å²) in [7, 11) is 0. The van der Waals surface area contributed by atoms with E-state index in [0.717, 1.165) is 5.56 Å². The first kappa shape index (κ1) is 11.3. The largest absolute Gasteiger partial charge is 0.493 e. The Morgan fingerprint density at radius 2 is 1.94 bits per heavy atom. The highest BCUT2D eigenvalue weighted by molar-refractivity contribution is 7.98. The molecule has 0 aliphatic rings. The summed E-state index contributed by atoms with van der Waals surface area (Å²) >= 11 is 7.52. The summed E-state index contributed by atoms with van der Waals surface area (Å²) in [6.45, 7) is 0. The van der Waals surface area contributed by atoms with E-state index in [0.29, 0.717) is 10.6 Å². The molecule has 1 aromatic heterocycles. The van der Waals surface area contributed by atoms with Crippen molar-refractivity contribution in [2.24, 2.45) is 0 Å². The van der Waals surface area contributed by atoms with Crippen LogP contribution in [0.5, 0.6) is 5.88 Å². The molecule has 2 nitrogen and oxygen atoms in total. The average molecular weight is 252 g/mol. The lowest BCUT2D eigenvalue weighted by molar-refractivity contribution is 0.455. The lowest BCUT2D eigenvalue weighted by atomic mass is 10.1. The molecule has 82 valence electrons. The highest BCUT2D eigenvalue weighted by Gasteiger charge is 2.06. The summed E-state index contributed by atoms with van der Waals surface area (Å²) < 4.78 is 0. The Bertz CT molecular complexity index is 499. The number of thioether (sulfide) groups is 1. The molecule has 0 amide bonds. The van der Waals surface area contributed by atoms with Crippen molar-refractivity contribution in [3.8, 4) is 17.0 Å². The SMILES string of the molecule is CSc1ccc(-c2cc(Cl)cnc2O)cc1. The van der Waals surface area contributed by atoms with Crippen LogP contribution in [0.15, 0.2) is 41.4 Å². The van der Waals surface area contributed by atoms with E-state index in [1.54, 1.807) is 17.8 Å². The van der Waals surface area contributed by atoms with Crippen molar-refractivity contribution >= 4 is 23.4 Å². The summed E-state index contributed by atoms with van der Waals surface area (Å²) in [5.74, 6) is 0.00121. The monoisotopic (exact) mass is 251 g/mol. The van der Waals surface area contributed by atoms with E-state index < -0.39 is 0 Å². The van der Waals surface area contributed by atoms with E-state index in [4.69, 9.17) is 11.6 Å². The van der Waals surface area contributed by atoms with Crippen LogP contribution in [0.4, 0.5) is 0 Å². The maximum atomic E-state index is 9.64. The Morgan fingerprint density at radius 1 is 1.25 bits per heavy atom. The van der Waals surface area contributed by atoms with E-state index >= 15 is 0 Å². The summed E-state index contributed by atoms with van der Waals surface area (Å²) in [4.78, 5) is 4.99. The maximum absolute atomic E-state index is 9.64. The molecule has 0 atom stereocenters. The van der Waals surface area contributed by atoms with Crippen LogP contribution in [-0.2, 0) is 0 Å². The van der Waals surface area contributed by atoms with Crippen LogP contribution in [0.1, 0.15) is 0 Å². The van der Waals surface area contributed by atoms with Crippen LogP contribution < -0.4 is 0 Å². The fraction of sp³-hybridized carbons (Fsp3) is 0.0833. The predicted octanol–water partition coefficient (Wildman–Crippen LogP) is 3.83. The first-order valence-corrected chi connectivity index (χ1v) is 6.30. The Hall–Kier alpha value is -1.19. The maximum Gasteiger partial charge on any atom is 0.218 e. The van der Waals surface area contributed by atoms with Crippen molar-refractivity contribution in [1.82, 2.24) is 4.98 Å². The van der Waals surface area contributed by atoms with Gasteiger partial charge in [0.2, 0.25) is 5.88 Å². The second kappa shape index (κ2) is 4.76. The number of hydrogen-bond donors (Lipinski definition) is 1. The first-order chi connectivity index (χ1) is 7.70. The van der Waals surface area contributed by atoms with Gasteiger partial charge in [-0.2, -0.15) is 0 Å². The normalized spacial score (nSPS) is 10.4. The number of rotatable bonds is 2. The van der Waals surface area contributed by atoms with Crippen LogP contribution in [0.3, 0.4) is 0 Å². The van der Waals surface area contributed by atoms with E-state index in [1.807, 2.05) is 30.5 Å². The third kappa shape index (κ3) is 2.31. The smallest absolute Gasteiger partial charge is 0.218 e. The van der Waals surface area contributed by atoms with Crippen LogP contribution in [0, 0.1) is 0 Å². The molecule has 2 rings (SSSR count). The van der Waals surface area contributed by atoms with Crippen molar-refractivity contribution in [3.63, 3.8) is 0 Å². The van der Waals surface area contributed by atoms with Gasteiger partial charge in [0, 0.05) is 16.7 Å². The zero-order valence-electron chi connectivity index (χ0n) is 8.64. The van der Waals surface area contributed by atoms with Crippen LogP contribution >= 0.6 is 23.4 Å². The molecular formula is C12H10ClNOS. The third-order valence-corrected chi connectivity index (χ3v) is 3.18. The molecule has 0 radical (unpaired) electrons. The zero-order chi connectivity index (χ0) is 11.5. The van der Waals surface area contributed by atoms with Crippen molar-refractivity contribution < 1.29 is 5.11 Å². The molecule has 0 aliphatic carbocycles. The number of benzene rings is 1. The fourth-order valence-electron chi connectivity index (χ4n) is 1.42. The molecule has 16 heavy (non-hydrogen) atoms. The van der Waals surface area contributed by atoms with Crippen LogP contribution in [0.2, 0.25) is 5.02 Å². The highest BCUT2D eigenvalue weighted by Crippen LogP contribution is 2.30. The Morgan fingerprint density at radius 3 is 2.56 bits per heavy atom. The summed E-state index contributed by atoms with van der Waals surface area (Å²) in [6, 6.07) is 9.59. The lowest BCUT2D eigenvalue weighted by Crippen LogP contribution is -1.83. The molecule has 1 N–H and O–H groups in total. The number of pyridine rings is 1. The molecule has 0 saturated carbocycles. The zero-order valence-corrected chi connectivity index (χ0v) is 10.2. The Kier molecular flexibility index (Phi) is 3.36. The lowest BCUT2D eigenvalue weighted by Gasteiger charge is -2.05. The molecule has 2 aromatic rings. The van der Waals surface area contributed by atoms with Gasteiger partial charge in [0.1, 0.15) is 0 Å². The van der Waals surface area contributed by atoms with Gasteiger partial charge in [0.25, 0.3) is 0 Å². The number of hydrogen-bond acceptors (Lipinski definition) is 3. The molecule has 4 heteroatoms. The molecular weight excluding hydrogens is 242 g/mol. The molecule has 1 aromatic carbocycles. The molecule has 0 fully saturated rings. The van der Waals surface area contributed by atoms with Gasteiger partial charge in [0.15, 0.2) is 0 Å². The number of aromatic hydroxyl groups is 1. The molecule has 1 heterocycles. The number of aromatic nitrogens is 1. The summed E-state index contributed by atoms with van der Waals surface area (Å²) in [6.07, 6.45) is 3.45. The van der Waals surface area contributed by atoms with Crippen molar-refractivity contribution in [3.05, 3.63) is 41.6 Å². The molecule has 0 spiro atoms. The molecule has 0 aliphatic heterocycles. The minimum absolute atomic E-state index is 0.00121. The minimum atomic E-state index is 0.00121. The van der Waals surface area contributed by atoms with E-state index in [1.165, 1.54) is 11.1 Å². The standard InChI is InChI=1S/C12H10ClNOS/c1-16-10-4-2-8(3-5-10)11-6-9(13)7-14-12(11)15/h2-7H,1H3,(H,14,15). The van der Waals surface area contributed by atoms with Gasteiger partial charge in [-0.05, 0) is 30.0 Å². The van der Waals surface area contributed by atoms with Crippen LogP contribution in [0.25, 0.3) is 11.1 Å². The summed E-state index contributed by atoms with van der Waals surface area (Å²) in [5.41, 5.74) is 1.56. The quantitative estimate of drug-likeness (QED) is 0.824. The number of halogens is 1. The van der Waals surface area contributed by atoms with Gasteiger partial charge in [-0.15, -0.1) is 11.8 Å². The van der Waals surface area contributed by atoms with Gasteiger partial charge >= 0.3 is 0 Å². The first-order valence-electron chi connectivity index (χ1n) is 4.69. The second-order valence-electron chi connectivity index (χ2n) is 3.25. The second-order valence-corrected chi connectivity index (χ2v) is 4.57. The molecule has 0 bridgehead atoms. The van der Waals surface area contributed by atoms with Gasteiger partial charge in [0.05, 0.1) is 5.02 Å². The van der Waals surface area contributed by atoms with Gasteiger partial charge < -0.3 is 5.11 Å². The molecule has 0 saturated heterocycles. The van der Waals surface area contributed by atoms with Crippen molar-refractivity contribution in [2.75, 3.05) is 6.26 Å².